The van der Waals surface area contributed by atoms with E-state index in [-0.39, 0.29) is 0 Å². The molecule has 1 N–H and O–H groups in total. The minimum Gasteiger partial charge on any atom is -0.497 e. The van der Waals surface area contributed by atoms with Crippen molar-refractivity contribution in [1.29, 1.82) is 0 Å². The van der Waals surface area contributed by atoms with Crippen LogP contribution >= 0.6 is 0 Å². The maximum atomic E-state index is 5.78. The third-order valence-electron chi connectivity index (χ3n) is 5.18. The van der Waals surface area contributed by atoms with E-state index in [0.717, 1.165) is 48.9 Å². The van der Waals surface area contributed by atoms with Crippen LogP contribution in [0.5, 0.6) is 11.5 Å². The Bertz CT molecular complexity index is 547. The maximum absolute atomic E-state index is 5.78. The number of benzene rings is 1. The van der Waals surface area contributed by atoms with E-state index in [9.17, 15) is 0 Å². The first kappa shape index (κ1) is 16.9. The molecule has 1 heterocycles. The first-order valence-corrected chi connectivity index (χ1v) is 9.02. The number of likely N-dealkylation sites (tertiary alicyclic amines) is 1. The molecule has 1 aromatic carbocycles. The van der Waals surface area contributed by atoms with Crippen molar-refractivity contribution in [3.8, 4) is 11.5 Å². The van der Waals surface area contributed by atoms with Crippen molar-refractivity contribution in [3.63, 3.8) is 0 Å². The molecular formula is C19H29N3O2. The smallest absolute Gasteiger partial charge is 0.193 e. The number of fused-ring (bicyclic) bond motifs is 1. The average molecular weight is 331 g/mol. The summed E-state index contributed by atoms with van der Waals surface area (Å²) in [6.45, 7) is 3.66. The molecule has 132 valence electrons. The number of hydrogen-bond donors (Lipinski definition) is 1. The van der Waals surface area contributed by atoms with Gasteiger partial charge in [0.25, 0.3) is 0 Å². The highest BCUT2D eigenvalue weighted by Gasteiger charge is 2.35. The Kier molecular flexibility index (Phi) is 5.83. The van der Waals surface area contributed by atoms with Crippen molar-refractivity contribution in [2.24, 2.45) is 16.8 Å². The molecule has 1 aliphatic heterocycles. The Morgan fingerprint density at radius 2 is 1.92 bits per heavy atom. The molecule has 5 nitrogen and oxygen atoms in total. The predicted octanol–water partition coefficient (Wildman–Crippen LogP) is 2.77. The van der Waals surface area contributed by atoms with Gasteiger partial charge in [-0.05, 0) is 36.8 Å². The molecule has 1 saturated heterocycles. The first-order chi connectivity index (χ1) is 11.8. The highest BCUT2D eigenvalue weighted by Crippen LogP contribution is 2.35. The number of methoxy groups -OCH3 is 1. The lowest BCUT2D eigenvalue weighted by Crippen LogP contribution is -2.41. The maximum Gasteiger partial charge on any atom is 0.193 e. The van der Waals surface area contributed by atoms with Gasteiger partial charge in [0.1, 0.15) is 18.1 Å². The van der Waals surface area contributed by atoms with Gasteiger partial charge in [0, 0.05) is 26.2 Å². The van der Waals surface area contributed by atoms with E-state index < -0.39 is 0 Å². The van der Waals surface area contributed by atoms with Gasteiger partial charge >= 0.3 is 0 Å². The zero-order chi connectivity index (χ0) is 16.8. The molecule has 1 saturated carbocycles. The standard InChI is InChI=1S/C19H29N3O2/c1-20-19(22-13-15-6-3-4-7-16(15)14-22)21-10-11-24-18-9-5-8-17(12-18)23-2/h5,8-9,12,15-16H,3-4,6-7,10-11,13-14H2,1-2H3,(H,20,21). The fraction of sp³-hybridized carbons (Fsp3) is 0.632. The van der Waals surface area contributed by atoms with Crippen LogP contribution < -0.4 is 14.8 Å². The lowest BCUT2D eigenvalue weighted by Gasteiger charge is -2.22. The van der Waals surface area contributed by atoms with Gasteiger partial charge in [0.05, 0.1) is 13.7 Å². The summed E-state index contributed by atoms with van der Waals surface area (Å²) in [7, 11) is 3.53. The second kappa shape index (κ2) is 8.27. The first-order valence-electron chi connectivity index (χ1n) is 9.02. The van der Waals surface area contributed by atoms with Crippen molar-refractivity contribution in [3.05, 3.63) is 24.3 Å². The van der Waals surface area contributed by atoms with Gasteiger partial charge in [-0.25, -0.2) is 0 Å². The third kappa shape index (κ3) is 4.13. The van der Waals surface area contributed by atoms with E-state index in [1.165, 1.54) is 25.7 Å². The summed E-state index contributed by atoms with van der Waals surface area (Å²) in [5.41, 5.74) is 0. The van der Waals surface area contributed by atoms with Gasteiger partial charge in [0.2, 0.25) is 0 Å². The molecule has 2 unspecified atom stereocenters. The molecule has 0 amide bonds. The monoisotopic (exact) mass is 331 g/mol. The molecule has 0 aromatic heterocycles. The largest absolute Gasteiger partial charge is 0.497 e. The zero-order valence-corrected chi connectivity index (χ0v) is 14.8. The minimum absolute atomic E-state index is 0.604. The van der Waals surface area contributed by atoms with Crippen LogP contribution in [-0.4, -0.2) is 51.3 Å². The van der Waals surface area contributed by atoms with Crippen LogP contribution in [0.15, 0.2) is 29.3 Å². The van der Waals surface area contributed by atoms with Crippen LogP contribution in [0, 0.1) is 11.8 Å². The molecule has 5 heteroatoms. The van der Waals surface area contributed by atoms with E-state index in [0.29, 0.717) is 6.61 Å². The van der Waals surface area contributed by atoms with Crippen LogP contribution in [-0.2, 0) is 0 Å². The topological polar surface area (TPSA) is 46.1 Å². The quantitative estimate of drug-likeness (QED) is 0.512. The molecule has 24 heavy (non-hydrogen) atoms. The number of guanidine groups is 1. The van der Waals surface area contributed by atoms with Crippen LogP contribution in [0.25, 0.3) is 0 Å². The summed E-state index contributed by atoms with van der Waals surface area (Å²) in [4.78, 5) is 6.88. The SMILES string of the molecule is CN=C(NCCOc1cccc(OC)c1)N1CC2CCCCC2C1. The Hall–Kier alpha value is -1.91. The van der Waals surface area contributed by atoms with E-state index in [1.54, 1.807) is 7.11 Å². The van der Waals surface area contributed by atoms with Gasteiger partial charge in [-0.3, -0.25) is 4.99 Å². The van der Waals surface area contributed by atoms with Gasteiger partial charge in [-0.1, -0.05) is 18.9 Å². The normalized spacial score (nSPS) is 23.8. The highest BCUT2D eigenvalue weighted by atomic mass is 16.5. The van der Waals surface area contributed by atoms with E-state index in [1.807, 2.05) is 31.3 Å². The van der Waals surface area contributed by atoms with E-state index >= 15 is 0 Å². The lowest BCUT2D eigenvalue weighted by molar-refractivity contribution is 0.299. The number of nitrogens with zero attached hydrogens (tertiary/aromatic N) is 2. The minimum atomic E-state index is 0.604. The number of nitrogens with one attached hydrogen (secondary N) is 1. The summed E-state index contributed by atoms with van der Waals surface area (Å²) >= 11 is 0. The summed E-state index contributed by atoms with van der Waals surface area (Å²) in [6, 6.07) is 7.70. The summed E-state index contributed by atoms with van der Waals surface area (Å²) in [5, 5.41) is 3.44. The van der Waals surface area contributed by atoms with Crippen molar-refractivity contribution in [1.82, 2.24) is 10.2 Å². The number of aliphatic imine (C=N–C) groups is 1. The van der Waals surface area contributed by atoms with Gasteiger partial charge in [0.15, 0.2) is 5.96 Å². The Morgan fingerprint density at radius 3 is 2.58 bits per heavy atom. The number of ether oxygens (including phenoxy) is 2. The third-order valence-corrected chi connectivity index (χ3v) is 5.18. The second-order valence-corrected chi connectivity index (χ2v) is 6.71. The number of rotatable bonds is 5. The number of hydrogen-bond acceptors (Lipinski definition) is 3. The van der Waals surface area contributed by atoms with Crippen molar-refractivity contribution < 1.29 is 9.47 Å². The van der Waals surface area contributed by atoms with E-state index in [2.05, 4.69) is 15.2 Å². The summed E-state index contributed by atoms with van der Waals surface area (Å²) in [6.07, 6.45) is 5.57. The fourth-order valence-electron chi connectivity index (χ4n) is 3.93. The Balaban J connectivity index is 1.43. The van der Waals surface area contributed by atoms with Gasteiger partial charge < -0.3 is 19.7 Å². The van der Waals surface area contributed by atoms with Crippen molar-refractivity contribution in [2.75, 3.05) is 40.4 Å². The fourth-order valence-corrected chi connectivity index (χ4v) is 3.93. The average Bonchev–Trinajstić information content (AvgIpc) is 3.05. The molecule has 0 bridgehead atoms. The highest BCUT2D eigenvalue weighted by molar-refractivity contribution is 5.80. The molecule has 0 spiro atoms. The molecular weight excluding hydrogens is 302 g/mol. The lowest BCUT2D eigenvalue weighted by atomic mass is 9.82. The molecule has 2 aliphatic rings. The van der Waals surface area contributed by atoms with Crippen LogP contribution in [0.3, 0.4) is 0 Å². The summed E-state index contributed by atoms with van der Waals surface area (Å²) in [5.74, 6) is 4.39. The Morgan fingerprint density at radius 1 is 1.21 bits per heavy atom. The molecule has 1 aliphatic carbocycles. The van der Waals surface area contributed by atoms with E-state index in [4.69, 9.17) is 9.47 Å². The molecule has 2 fully saturated rings. The van der Waals surface area contributed by atoms with Crippen LogP contribution in [0.2, 0.25) is 0 Å². The predicted molar refractivity (Wildman–Crippen MR) is 96.9 cm³/mol. The molecule has 2 atom stereocenters. The molecule has 3 rings (SSSR count). The van der Waals surface area contributed by atoms with Crippen LogP contribution in [0.1, 0.15) is 25.7 Å². The second-order valence-electron chi connectivity index (χ2n) is 6.71. The Labute approximate surface area is 145 Å². The van der Waals surface area contributed by atoms with Gasteiger partial charge in [-0.15, -0.1) is 0 Å². The van der Waals surface area contributed by atoms with Crippen LogP contribution in [0.4, 0.5) is 0 Å². The van der Waals surface area contributed by atoms with Gasteiger partial charge in [-0.2, -0.15) is 0 Å². The molecule has 1 aromatic rings. The zero-order valence-electron chi connectivity index (χ0n) is 14.8. The summed E-state index contributed by atoms with van der Waals surface area (Å²) < 4.78 is 11.0. The van der Waals surface area contributed by atoms with Crippen molar-refractivity contribution >= 4 is 5.96 Å². The van der Waals surface area contributed by atoms with Crippen molar-refractivity contribution in [2.45, 2.75) is 25.7 Å². The molecule has 0 radical (unpaired) electrons.